The lowest BCUT2D eigenvalue weighted by molar-refractivity contribution is -0.191. The van der Waals surface area contributed by atoms with Crippen LogP contribution >= 0.6 is 15.9 Å². The van der Waals surface area contributed by atoms with Crippen molar-refractivity contribution in [3.8, 4) is 11.8 Å². The predicted octanol–water partition coefficient (Wildman–Crippen LogP) is 3.34. The van der Waals surface area contributed by atoms with Crippen LogP contribution in [-0.4, -0.2) is 52.5 Å². The highest BCUT2D eigenvalue weighted by Crippen LogP contribution is 2.33. The van der Waals surface area contributed by atoms with Gasteiger partial charge in [-0.25, -0.2) is 4.68 Å². The number of fused-ring (bicyclic) bond motifs is 1. The smallest absolute Gasteiger partial charge is 0.303 e. The summed E-state index contributed by atoms with van der Waals surface area (Å²) in [5.74, 6) is 5.03. The van der Waals surface area contributed by atoms with Gasteiger partial charge in [0.15, 0.2) is 6.10 Å². The molecule has 32 heavy (non-hydrogen) atoms. The van der Waals surface area contributed by atoms with Gasteiger partial charge in [0.2, 0.25) is 5.91 Å². The lowest BCUT2D eigenvalue weighted by Crippen LogP contribution is -2.51. The van der Waals surface area contributed by atoms with Gasteiger partial charge in [-0.15, -0.1) is 0 Å². The third-order valence-electron chi connectivity index (χ3n) is 5.55. The fourth-order valence-electron chi connectivity index (χ4n) is 3.67. The maximum atomic E-state index is 11.7. The van der Waals surface area contributed by atoms with E-state index in [1.807, 2.05) is 19.9 Å². The summed E-state index contributed by atoms with van der Waals surface area (Å²) in [6.07, 6.45) is -0.0549. The first-order chi connectivity index (χ1) is 15.1. The number of rotatable bonds is 3. The highest BCUT2D eigenvalue weighted by atomic mass is 79.9. The quantitative estimate of drug-likeness (QED) is 0.466. The summed E-state index contributed by atoms with van der Waals surface area (Å²) >= 11 is 3.46. The molecule has 1 fully saturated rings. The van der Waals surface area contributed by atoms with Gasteiger partial charge in [0.25, 0.3) is 0 Å². The van der Waals surface area contributed by atoms with E-state index in [4.69, 9.17) is 14.2 Å². The lowest BCUT2D eigenvalue weighted by atomic mass is 9.81. The lowest BCUT2D eigenvalue weighted by Gasteiger charge is -2.42. The minimum absolute atomic E-state index is 0.0272. The molecule has 0 radical (unpaired) electrons. The van der Waals surface area contributed by atoms with E-state index in [9.17, 15) is 14.4 Å². The topological polar surface area (TPSA) is 96.7 Å². The first kappa shape index (κ1) is 24.0. The normalized spacial score (nSPS) is 25.0. The average Bonchev–Trinajstić information content (AvgIpc) is 3.14. The van der Waals surface area contributed by atoms with Gasteiger partial charge in [0.05, 0.1) is 11.7 Å². The van der Waals surface area contributed by atoms with Crippen molar-refractivity contribution in [2.45, 2.75) is 52.9 Å². The van der Waals surface area contributed by atoms with Crippen LogP contribution in [0.2, 0.25) is 0 Å². The molecule has 0 unspecified atom stereocenters. The Morgan fingerprint density at radius 2 is 1.88 bits per heavy atom. The number of aromatic nitrogens is 2. The molecule has 2 aromatic rings. The molecular weight excluding hydrogens is 480 g/mol. The molecule has 0 spiro atoms. The van der Waals surface area contributed by atoms with Crippen LogP contribution in [0.15, 0.2) is 22.8 Å². The maximum Gasteiger partial charge on any atom is 0.303 e. The summed E-state index contributed by atoms with van der Waals surface area (Å²) in [6.45, 7) is 8.13. The van der Waals surface area contributed by atoms with Gasteiger partial charge >= 0.3 is 11.9 Å². The summed E-state index contributed by atoms with van der Waals surface area (Å²) in [4.78, 5) is 34.7. The average molecular weight is 505 g/mol. The molecule has 170 valence electrons. The summed E-state index contributed by atoms with van der Waals surface area (Å²) < 4.78 is 18.9. The molecule has 1 aliphatic heterocycles. The Balaban J connectivity index is 1.98. The van der Waals surface area contributed by atoms with Crippen LogP contribution in [0.25, 0.3) is 10.9 Å². The molecule has 0 bridgehead atoms. The van der Waals surface area contributed by atoms with E-state index in [1.54, 1.807) is 12.3 Å². The zero-order chi connectivity index (χ0) is 23.6. The first-order valence-electron chi connectivity index (χ1n) is 10.2. The number of benzene rings is 1. The van der Waals surface area contributed by atoms with E-state index < -0.39 is 24.1 Å². The van der Waals surface area contributed by atoms with E-state index in [0.717, 1.165) is 9.86 Å². The first-order valence-corrected chi connectivity index (χ1v) is 11.0. The SMILES string of the molecule is CC(=O)OC[C@H]1O[C@H](C#Cc2cc(Br)cc3cn(C(C)=O)nc23)[C@@H](OC(C)=O)[C@@H](C)[C@@H]1C. The minimum Gasteiger partial charge on any atom is -0.463 e. The highest BCUT2D eigenvalue weighted by molar-refractivity contribution is 9.10. The molecule has 5 atom stereocenters. The summed E-state index contributed by atoms with van der Waals surface area (Å²) in [6, 6.07) is 3.66. The molecule has 1 aromatic carbocycles. The minimum atomic E-state index is -0.727. The summed E-state index contributed by atoms with van der Waals surface area (Å²) in [7, 11) is 0. The van der Waals surface area contributed by atoms with Crippen molar-refractivity contribution in [3.05, 3.63) is 28.4 Å². The van der Waals surface area contributed by atoms with Gasteiger partial charge in [-0.3, -0.25) is 14.4 Å². The van der Waals surface area contributed by atoms with Crippen LogP contribution in [0.1, 0.15) is 45.0 Å². The van der Waals surface area contributed by atoms with Crippen LogP contribution in [0, 0.1) is 23.7 Å². The van der Waals surface area contributed by atoms with E-state index in [2.05, 4.69) is 32.9 Å². The van der Waals surface area contributed by atoms with Crippen LogP contribution in [-0.2, 0) is 23.8 Å². The van der Waals surface area contributed by atoms with Crippen molar-refractivity contribution in [3.63, 3.8) is 0 Å². The van der Waals surface area contributed by atoms with Crippen molar-refractivity contribution in [1.29, 1.82) is 0 Å². The van der Waals surface area contributed by atoms with Crippen LogP contribution in [0.5, 0.6) is 0 Å². The van der Waals surface area contributed by atoms with Gasteiger partial charge in [-0.1, -0.05) is 41.6 Å². The second-order valence-electron chi connectivity index (χ2n) is 7.94. The number of esters is 2. The molecule has 3 rings (SSSR count). The Bertz CT molecular complexity index is 1110. The van der Waals surface area contributed by atoms with Gasteiger partial charge in [0, 0.05) is 42.7 Å². The highest BCUT2D eigenvalue weighted by Gasteiger charge is 2.43. The third kappa shape index (κ3) is 5.37. The number of hydrogen-bond acceptors (Lipinski definition) is 7. The van der Waals surface area contributed by atoms with Crippen molar-refractivity contribution < 1.29 is 28.6 Å². The van der Waals surface area contributed by atoms with E-state index in [0.29, 0.717) is 11.1 Å². The second-order valence-corrected chi connectivity index (χ2v) is 8.86. The largest absolute Gasteiger partial charge is 0.463 e. The number of carbonyl (C=O) groups is 3. The van der Waals surface area contributed by atoms with Crippen molar-refractivity contribution in [2.24, 2.45) is 11.8 Å². The molecule has 8 nitrogen and oxygen atoms in total. The fourth-order valence-corrected chi connectivity index (χ4v) is 4.15. The monoisotopic (exact) mass is 504 g/mol. The Morgan fingerprint density at radius 1 is 1.16 bits per heavy atom. The summed E-state index contributed by atoms with van der Waals surface area (Å²) in [5.41, 5.74) is 1.18. The third-order valence-corrected chi connectivity index (χ3v) is 6.01. The fraction of sp³-hybridized carbons (Fsp3) is 0.478. The maximum absolute atomic E-state index is 11.7. The van der Waals surface area contributed by atoms with E-state index in [1.165, 1.54) is 25.5 Å². The Morgan fingerprint density at radius 3 is 2.50 bits per heavy atom. The van der Waals surface area contributed by atoms with Crippen molar-refractivity contribution in [1.82, 2.24) is 9.78 Å². The number of hydrogen-bond donors (Lipinski definition) is 0. The van der Waals surface area contributed by atoms with Crippen LogP contribution < -0.4 is 0 Å². The standard InChI is InChI=1S/C23H25BrN2O6/c1-12-13(2)23(31-16(5)29)20(32-21(12)11-30-15(4)28)7-6-17-8-19(24)9-18-10-26(14(3)27)25-22(17)18/h8-10,12-13,20-21,23H,11H2,1-5H3/t12-,13-,20+,21+,23-/m0/s1. The number of ether oxygens (including phenoxy) is 3. The number of halogens is 1. The molecule has 0 amide bonds. The molecule has 0 aliphatic carbocycles. The van der Waals surface area contributed by atoms with Crippen molar-refractivity contribution in [2.75, 3.05) is 6.61 Å². The van der Waals surface area contributed by atoms with Crippen LogP contribution in [0.4, 0.5) is 0 Å². The zero-order valence-corrected chi connectivity index (χ0v) is 20.1. The summed E-state index contributed by atoms with van der Waals surface area (Å²) in [5, 5.41) is 5.09. The molecule has 1 aliphatic rings. The molecular formula is C23H25BrN2O6. The Kier molecular flexibility index (Phi) is 7.36. The molecule has 0 N–H and O–H groups in total. The van der Waals surface area contributed by atoms with Crippen LogP contribution in [0.3, 0.4) is 0 Å². The van der Waals surface area contributed by atoms with E-state index in [-0.39, 0.29) is 30.5 Å². The molecule has 1 aromatic heterocycles. The second kappa shape index (κ2) is 9.84. The van der Waals surface area contributed by atoms with Gasteiger partial charge in [0.1, 0.15) is 18.2 Å². The molecule has 9 heteroatoms. The Hall–Kier alpha value is -2.70. The Labute approximate surface area is 194 Å². The number of nitrogens with zero attached hydrogens (tertiary/aromatic N) is 2. The predicted molar refractivity (Wildman–Crippen MR) is 120 cm³/mol. The zero-order valence-electron chi connectivity index (χ0n) is 18.5. The van der Waals surface area contributed by atoms with Gasteiger partial charge in [-0.2, -0.15) is 5.10 Å². The van der Waals surface area contributed by atoms with Gasteiger partial charge in [-0.05, 0) is 18.1 Å². The number of carbonyl (C=O) groups excluding carboxylic acids is 3. The van der Waals surface area contributed by atoms with E-state index >= 15 is 0 Å². The van der Waals surface area contributed by atoms with Gasteiger partial charge < -0.3 is 14.2 Å². The van der Waals surface area contributed by atoms with Crippen molar-refractivity contribution >= 4 is 44.7 Å². The molecule has 0 saturated carbocycles. The molecule has 1 saturated heterocycles. The molecule has 2 heterocycles.